The quantitative estimate of drug-likeness (QED) is 0.415. The Morgan fingerprint density at radius 2 is 1.42 bits per heavy atom. The van der Waals surface area contributed by atoms with Crippen LogP contribution in [0, 0.1) is 0 Å². The van der Waals surface area contributed by atoms with Crippen LogP contribution in [0.3, 0.4) is 0 Å². The summed E-state index contributed by atoms with van der Waals surface area (Å²) in [7, 11) is 8.34. The number of primary amides is 1. The van der Waals surface area contributed by atoms with Gasteiger partial charge in [0.05, 0.1) is 6.04 Å². The second kappa shape index (κ2) is 11.1. The lowest BCUT2D eigenvalue weighted by molar-refractivity contribution is 0.0999. The van der Waals surface area contributed by atoms with E-state index in [-0.39, 0.29) is 17.9 Å². The Labute approximate surface area is 215 Å². The van der Waals surface area contributed by atoms with E-state index in [2.05, 4.69) is 110 Å². The van der Waals surface area contributed by atoms with Crippen molar-refractivity contribution in [2.24, 2.45) is 5.73 Å². The van der Waals surface area contributed by atoms with Gasteiger partial charge in [-0.25, -0.2) is 0 Å². The van der Waals surface area contributed by atoms with Gasteiger partial charge in [0.2, 0.25) is 5.91 Å². The summed E-state index contributed by atoms with van der Waals surface area (Å²) in [5.41, 5.74) is 13.4. The maximum atomic E-state index is 12.5. The van der Waals surface area contributed by atoms with Gasteiger partial charge in [0.1, 0.15) is 0 Å². The molecule has 0 saturated heterocycles. The molecule has 188 valence electrons. The molecule has 0 aromatic heterocycles. The highest BCUT2D eigenvalue weighted by Gasteiger charge is 2.39. The number of benzene rings is 3. The van der Waals surface area contributed by atoms with Gasteiger partial charge in [0, 0.05) is 36.2 Å². The fourth-order valence-corrected chi connectivity index (χ4v) is 5.43. The van der Waals surface area contributed by atoms with E-state index in [0.29, 0.717) is 5.56 Å². The third kappa shape index (κ3) is 5.53. The van der Waals surface area contributed by atoms with E-state index in [9.17, 15) is 4.79 Å². The van der Waals surface area contributed by atoms with Gasteiger partial charge in [-0.15, -0.1) is 0 Å². The minimum atomic E-state index is -0.394. The van der Waals surface area contributed by atoms with Crippen molar-refractivity contribution in [3.63, 3.8) is 0 Å². The lowest BCUT2D eigenvalue weighted by Crippen LogP contribution is -2.31. The van der Waals surface area contributed by atoms with Crippen molar-refractivity contribution < 1.29 is 4.79 Å². The summed E-state index contributed by atoms with van der Waals surface area (Å²) in [4.78, 5) is 16.8. The number of fused-ring (bicyclic) bond motifs is 1. The fraction of sp³-hybridized carbons (Fsp3) is 0.323. The first kappa shape index (κ1) is 25.7. The Morgan fingerprint density at radius 1 is 0.861 bits per heavy atom. The molecule has 0 fully saturated rings. The van der Waals surface area contributed by atoms with E-state index in [1.54, 1.807) is 0 Å². The summed E-state index contributed by atoms with van der Waals surface area (Å²) in [5.74, 6) is -0.307. The second-order valence-corrected chi connectivity index (χ2v) is 10.3. The summed E-state index contributed by atoms with van der Waals surface area (Å²) in [6, 6.07) is 23.7. The minimum Gasteiger partial charge on any atom is -0.377 e. The molecule has 5 nitrogen and oxygen atoms in total. The van der Waals surface area contributed by atoms with E-state index >= 15 is 0 Å². The number of carbonyl (C=O) groups is 1. The molecule has 0 radical (unpaired) electrons. The van der Waals surface area contributed by atoms with E-state index in [0.717, 1.165) is 24.3 Å². The third-order valence-corrected chi connectivity index (χ3v) is 6.86. The van der Waals surface area contributed by atoms with Crippen LogP contribution in [0.5, 0.6) is 0 Å². The van der Waals surface area contributed by atoms with Crippen LogP contribution in [0.15, 0.2) is 78.9 Å². The standard InChI is InChI=1S/C31H38N4O/c1-6-8-25-28(23-15-11-21(12-16-23)19-34(2)3)30(24-17-13-22(14-18-24)20-35(4)5)33-27-10-7-9-26(29(25)27)31(32)36/h6-18,25,28,30,33H,19-20H2,1-5H3,(H2,32,36). The minimum absolute atomic E-state index is 0.00102. The molecule has 5 heteroatoms. The van der Waals surface area contributed by atoms with Crippen LogP contribution >= 0.6 is 0 Å². The number of amides is 1. The third-order valence-electron chi connectivity index (χ3n) is 6.86. The van der Waals surface area contributed by atoms with Crippen molar-refractivity contribution in [1.82, 2.24) is 9.80 Å². The molecule has 0 bridgehead atoms. The zero-order valence-corrected chi connectivity index (χ0v) is 22.0. The van der Waals surface area contributed by atoms with Gasteiger partial charge in [0.15, 0.2) is 0 Å². The maximum Gasteiger partial charge on any atom is 0.249 e. The van der Waals surface area contributed by atoms with Gasteiger partial charge in [-0.1, -0.05) is 66.7 Å². The Balaban J connectivity index is 1.85. The number of nitrogens with zero attached hydrogens (tertiary/aromatic N) is 2. The maximum absolute atomic E-state index is 12.5. The largest absolute Gasteiger partial charge is 0.377 e. The fourth-order valence-electron chi connectivity index (χ4n) is 5.43. The number of hydrogen-bond acceptors (Lipinski definition) is 4. The molecule has 3 N–H and O–H groups in total. The molecule has 0 saturated carbocycles. The van der Waals surface area contributed by atoms with Gasteiger partial charge in [-0.05, 0) is 75.1 Å². The first-order valence-corrected chi connectivity index (χ1v) is 12.6. The van der Waals surface area contributed by atoms with Crippen molar-refractivity contribution >= 4 is 11.6 Å². The molecule has 1 amide bonds. The predicted octanol–water partition coefficient (Wildman–Crippen LogP) is 5.52. The summed E-state index contributed by atoms with van der Waals surface area (Å²) in [6.45, 7) is 3.84. The topological polar surface area (TPSA) is 61.6 Å². The molecular weight excluding hydrogens is 444 g/mol. The van der Waals surface area contributed by atoms with Gasteiger partial charge < -0.3 is 20.9 Å². The Bertz CT molecular complexity index is 1210. The van der Waals surface area contributed by atoms with Gasteiger partial charge >= 0.3 is 0 Å². The van der Waals surface area contributed by atoms with Crippen molar-refractivity contribution in [3.8, 4) is 0 Å². The Morgan fingerprint density at radius 3 is 1.92 bits per heavy atom. The summed E-state index contributed by atoms with van der Waals surface area (Å²) in [5, 5.41) is 3.79. The highest BCUT2D eigenvalue weighted by Crippen LogP contribution is 2.51. The highest BCUT2D eigenvalue weighted by molar-refractivity contribution is 5.96. The molecule has 0 aliphatic carbocycles. The Hall–Kier alpha value is -3.41. The van der Waals surface area contributed by atoms with Crippen molar-refractivity contribution in [1.29, 1.82) is 0 Å². The Kier molecular flexibility index (Phi) is 7.92. The molecular formula is C31H38N4O. The number of nitrogens with two attached hydrogens (primary N) is 1. The predicted molar refractivity (Wildman–Crippen MR) is 149 cm³/mol. The van der Waals surface area contributed by atoms with E-state index in [4.69, 9.17) is 5.73 Å². The lowest BCUT2D eigenvalue weighted by Gasteiger charge is -2.41. The molecule has 1 aliphatic rings. The average Bonchev–Trinajstić information content (AvgIpc) is 2.84. The van der Waals surface area contributed by atoms with Crippen LogP contribution < -0.4 is 11.1 Å². The molecule has 3 unspecified atom stereocenters. The first-order chi connectivity index (χ1) is 17.3. The van der Waals surface area contributed by atoms with Crippen LogP contribution in [0.25, 0.3) is 0 Å². The summed E-state index contributed by atoms with van der Waals surface area (Å²) in [6.07, 6.45) is 4.31. The molecule has 1 aliphatic heterocycles. The number of hydrogen-bond donors (Lipinski definition) is 2. The number of allylic oxidation sites excluding steroid dienone is 2. The number of carbonyl (C=O) groups excluding carboxylic acids is 1. The van der Waals surface area contributed by atoms with E-state index in [1.165, 1.54) is 22.3 Å². The van der Waals surface area contributed by atoms with E-state index < -0.39 is 5.91 Å². The molecule has 36 heavy (non-hydrogen) atoms. The van der Waals surface area contributed by atoms with Crippen LogP contribution in [-0.2, 0) is 13.1 Å². The zero-order valence-electron chi connectivity index (χ0n) is 22.0. The smallest absolute Gasteiger partial charge is 0.249 e. The molecule has 3 atom stereocenters. The second-order valence-electron chi connectivity index (χ2n) is 10.3. The van der Waals surface area contributed by atoms with Gasteiger partial charge in [-0.3, -0.25) is 4.79 Å². The molecule has 3 aromatic carbocycles. The number of anilines is 1. The van der Waals surface area contributed by atoms with Crippen molar-refractivity contribution in [3.05, 3.63) is 112 Å². The normalized spacial score (nSPS) is 19.5. The monoisotopic (exact) mass is 482 g/mol. The van der Waals surface area contributed by atoms with Crippen molar-refractivity contribution in [2.45, 2.75) is 37.9 Å². The van der Waals surface area contributed by atoms with Crippen LogP contribution in [0.4, 0.5) is 5.69 Å². The molecule has 0 spiro atoms. The lowest BCUT2D eigenvalue weighted by atomic mass is 9.70. The molecule has 3 aromatic rings. The number of nitrogens with one attached hydrogen (secondary N) is 1. The van der Waals surface area contributed by atoms with Crippen LogP contribution in [0.1, 0.15) is 63.0 Å². The first-order valence-electron chi connectivity index (χ1n) is 12.6. The van der Waals surface area contributed by atoms with Crippen molar-refractivity contribution in [2.75, 3.05) is 33.5 Å². The SMILES string of the molecule is CC=CC1c2c(cccc2C(N)=O)NC(c2ccc(CN(C)C)cc2)C1c1ccc(CN(C)C)cc1. The number of rotatable bonds is 8. The summed E-state index contributed by atoms with van der Waals surface area (Å²) >= 11 is 0. The highest BCUT2D eigenvalue weighted by atomic mass is 16.1. The van der Waals surface area contributed by atoms with Crippen LogP contribution in [0.2, 0.25) is 0 Å². The van der Waals surface area contributed by atoms with E-state index in [1.807, 2.05) is 19.1 Å². The van der Waals surface area contributed by atoms with Gasteiger partial charge in [0.25, 0.3) is 0 Å². The molecule has 1 heterocycles. The summed E-state index contributed by atoms with van der Waals surface area (Å²) < 4.78 is 0. The van der Waals surface area contributed by atoms with Crippen LogP contribution in [-0.4, -0.2) is 43.9 Å². The average molecular weight is 483 g/mol. The van der Waals surface area contributed by atoms with Gasteiger partial charge in [-0.2, -0.15) is 0 Å². The zero-order chi connectivity index (χ0) is 25.8. The molecule has 4 rings (SSSR count).